The molecule has 1 atom stereocenters. The van der Waals surface area contributed by atoms with Crippen LogP contribution in [0.2, 0.25) is 0 Å². The van der Waals surface area contributed by atoms with E-state index in [9.17, 15) is 4.79 Å². The van der Waals surface area contributed by atoms with Crippen LogP contribution in [-0.4, -0.2) is 36.5 Å². The molecule has 0 aliphatic carbocycles. The third-order valence-corrected chi connectivity index (χ3v) is 2.93. The monoisotopic (exact) mass is 222 g/mol. The second-order valence-corrected chi connectivity index (χ2v) is 4.12. The molecule has 1 fully saturated rings. The van der Waals surface area contributed by atoms with E-state index in [-0.39, 0.29) is 5.91 Å². The van der Waals surface area contributed by atoms with Crippen molar-refractivity contribution in [1.29, 1.82) is 0 Å². The third kappa shape index (κ3) is 2.27. The van der Waals surface area contributed by atoms with Crippen molar-refractivity contribution < 1.29 is 9.21 Å². The molecule has 0 radical (unpaired) electrons. The Bertz CT molecular complexity index is 329. The van der Waals surface area contributed by atoms with Crippen molar-refractivity contribution in [2.75, 3.05) is 19.6 Å². The number of nitrogens with one attached hydrogen (secondary N) is 1. The molecular weight excluding hydrogens is 204 g/mol. The number of carbonyl (C=O) groups is 1. The molecule has 2 heterocycles. The van der Waals surface area contributed by atoms with E-state index in [4.69, 9.17) is 4.42 Å². The lowest BCUT2D eigenvalue weighted by Crippen LogP contribution is -2.41. The number of nitrogens with zero attached hydrogens (tertiary/aromatic N) is 1. The van der Waals surface area contributed by atoms with Crippen LogP contribution in [0.3, 0.4) is 0 Å². The summed E-state index contributed by atoms with van der Waals surface area (Å²) in [6, 6.07) is 3.80. The first kappa shape index (κ1) is 11.2. The molecule has 0 spiro atoms. The quantitative estimate of drug-likeness (QED) is 0.839. The number of amides is 1. The van der Waals surface area contributed by atoms with E-state index in [1.165, 1.54) is 0 Å². The van der Waals surface area contributed by atoms with Crippen molar-refractivity contribution in [3.63, 3.8) is 0 Å². The Kier molecular flexibility index (Phi) is 3.62. The van der Waals surface area contributed by atoms with E-state index in [0.717, 1.165) is 32.5 Å². The minimum Gasteiger partial charge on any atom is -0.459 e. The zero-order chi connectivity index (χ0) is 11.4. The second-order valence-electron chi connectivity index (χ2n) is 4.12. The second kappa shape index (κ2) is 5.16. The van der Waals surface area contributed by atoms with E-state index in [1.54, 1.807) is 18.4 Å². The summed E-state index contributed by atoms with van der Waals surface area (Å²) in [7, 11) is 0. The first-order valence-corrected chi connectivity index (χ1v) is 5.88. The zero-order valence-electron chi connectivity index (χ0n) is 9.61. The lowest BCUT2D eigenvalue weighted by molar-refractivity contribution is 0.0659. The molecule has 0 bridgehead atoms. The number of rotatable bonds is 4. The molecule has 1 saturated heterocycles. The van der Waals surface area contributed by atoms with Gasteiger partial charge < -0.3 is 14.6 Å². The maximum atomic E-state index is 12.2. The lowest BCUT2D eigenvalue weighted by Gasteiger charge is -2.27. The van der Waals surface area contributed by atoms with Gasteiger partial charge in [-0.05, 0) is 31.5 Å². The van der Waals surface area contributed by atoms with Gasteiger partial charge in [0.1, 0.15) is 0 Å². The summed E-state index contributed by atoms with van der Waals surface area (Å²) < 4.78 is 5.17. The molecule has 4 nitrogen and oxygen atoms in total. The molecule has 1 unspecified atom stereocenters. The molecule has 1 aromatic rings. The van der Waals surface area contributed by atoms with Gasteiger partial charge in [-0.1, -0.05) is 6.92 Å². The summed E-state index contributed by atoms with van der Waals surface area (Å²) in [5.41, 5.74) is 0. The standard InChI is InChI=1S/C12H18N2O2/c1-2-7-14(10-5-6-13-9-10)12(15)11-4-3-8-16-11/h3-4,8,10,13H,2,5-7,9H2,1H3. The van der Waals surface area contributed by atoms with Crippen LogP contribution in [0.4, 0.5) is 0 Å². The Hall–Kier alpha value is -1.29. The molecule has 1 aromatic heterocycles. The highest BCUT2D eigenvalue weighted by molar-refractivity contribution is 5.91. The Labute approximate surface area is 95.6 Å². The Morgan fingerprint density at radius 2 is 2.56 bits per heavy atom. The van der Waals surface area contributed by atoms with Crippen molar-refractivity contribution in [2.24, 2.45) is 0 Å². The minimum atomic E-state index is 0.0144. The van der Waals surface area contributed by atoms with Gasteiger partial charge in [0.05, 0.1) is 6.26 Å². The lowest BCUT2D eigenvalue weighted by atomic mass is 10.2. The zero-order valence-corrected chi connectivity index (χ0v) is 9.61. The van der Waals surface area contributed by atoms with Gasteiger partial charge in [-0.3, -0.25) is 4.79 Å². The van der Waals surface area contributed by atoms with Crippen LogP contribution in [0.1, 0.15) is 30.3 Å². The Balaban J connectivity index is 2.09. The summed E-state index contributed by atoms with van der Waals surface area (Å²) >= 11 is 0. The average Bonchev–Trinajstić information content (AvgIpc) is 2.96. The highest BCUT2D eigenvalue weighted by atomic mass is 16.3. The number of hydrogen-bond donors (Lipinski definition) is 1. The van der Waals surface area contributed by atoms with Crippen LogP contribution in [0.15, 0.2) is 22.8 Å². The predicted octanol–water partition coefficient (Wildman–Crippen LogP) is 1.49. The first-order valence-electron chi connectivity index (χ1n) is 5.88. The van der Waals surface area contributed by atoms with Gasteiger partial charge in [-0.2, -0.15) is 0 Å². The van der Waals surface area contributed by atoms with Gasteiger partial charge in [-0.15, -0.1) is 0 Å². The van der Waals surface area contributed by atoms with Crippen molar-refractivity contribution in [2.45, 2.75) is 25.8 Å². The maximum Gasteiger partial charge on any atom is 0.289 e. The summed E-state index contributed by atoms with van der Waals surface area (Å²) in [4.78, 5) is 14.1. The number of furan rings is 1. The predicted molar refractivity (Wildman–Crippen MR) is 61.3 cm³/mol. The number of hydrogen-bond acceptors (Lipinski definition) is 3. The molecule has 1 aliphatic rings. The van der Waals surface area contributed by atoms with Crippen LogP contribution in [0, 0.1) is 0 Å². The fourth-order valence-corrected chi connectivity index (χ4v) is 2.14. The van der Waals surface area contributed by atoms with Crippen molar-refractivity contribution in [1.82, 2.24) is 10.2 Å². The largest absolute Gasteiger partial charge is 0.459 e. The van der Waals surface area contributed by atoms with Crippen molar-refractivity contribution in [3.05, 3.63) is 24.2 Å². The van der Waals surface area contributed by atoms with Crippen LogP contribution in [0.5, 0.6) is 0 Å². The maximum absolute atomic E-state index is 12.2. The summed E-state index contributed by atoms with van der Waals surface area (Å²) in [5.74, 6) is 0.459. The van der Waals surface area contributed by atoms with Crippen LogP contribution >= 0.6 is 0 Å². The molecule has 0 aromatic carbocycles. The van der Waals surface area contributed by atoms with E-state index in [1.807, 2.05) is 4.90 Å². The molecule has 1 N–H and O–H groups in total. The average molecular weight is 222 g/mol. The highest BCUT2D eigenvalue weighted by Crippen LogP contribution is 2.14. The normalized spacial score (nSPS) is 19.9. The summed E-state index contributed by atoms with van der Waals surface area (Å²) in [6.45, 7) is 4.78. The Morgan fingerprint density at radius 3 is 3.12 bits per heavy atom. The summed E-state index contributed by atoms with van der Waals surface area (Å²) in [5, 5.41) is 3.29. The van der Waals surface area contributed by atoms with Crippen molar-refractivity contribution in [3.8, 4) is 0 Å². The van der Waals surface area contributed by atoms with E-state index >= 15 is 0 Å². The smallest absolute Gasteiger partial charge is 0.289 e. The molecule has 1 aliphatic heterocycles. The van der Waals surface area contributed by atoms with Gasteiger partial charge in [-0.25, -0.2) is 0 Å². The minimum absolute atomic E-state index is 0.0144. The third-order valence-electron chi connectivity index (χ3n) is 2.93. The van der Waals surface area contributed by atoms with E-state index in [2.05, 4.69) is 12.2 Å². The van der Waals surface area contributed by atoms with Gasteiger partial charge in [0.2, 0.25) is 0 Å². The molecule has 1 amide bonds. The van der Waals surface area contributed by atoms with E-state index in [0.29, 0.717) is 11.8 Å². The Morgan fingerprint density at radius 1 is 1.69 bits per heavy atom. The topological polar surface area (TPSA) is 45.5 Å². The van der Waals surface area contributed by atoms with Crippen LogP contribution < -0.4 is 5.32 Å². The fourth-order valence-electron chi connectivity index (χ4n) is 2.14. The van der Waals surface area contributed by atoms with Gasteiger partial charge in [0, 0.05) is 19.1 Å². The van der Waals surface area contributed by atoms with Gasteiger partial charge in [0.15, 0.2) is 5.76 Å². The SMILES string of the molecule is CCCN(C(=O)c1ccco1)C1CCNC1. The fraction of sp³-hybridized carbons (Fsp3) is 0.583. The van der Waals surface area contributed by atoms with Crippen LogP contribution in [0.25, 0.3) is 0 Å². The highest BCUT2D eigenvalue weighted by Gasteiger charge is 2.27. The molecule has 2 rings (SSSR count). The number of carbonyl (C=O) groups excluding carboxylic acids is 1. The molecule has 4 heteroatoms. The van der Waals surface area contributed by atoms with Gasteiger partial charge >= 0.3 is 0 Å². The van der Waals surface area contributed by atoms with E-state index < -0.39 is 0 Å². The van der Waals surface area contributed by atoms with Gasteiger partial charge in [0.25, 0.3) is 5.91 Å². The molecular formula is C12H18N2O2. The van der Waals surface area contributed by atoms with Crippen LogP contribution in [-0.2, 0) is 0 Å². The van der Waals surface area contributed by atoms with Crippen molar-refractivity contribution >= 4 is 5.91 Å². The molecule has 0 saturated carbocycles. The first-order chi connectivity index (χ1) is 7.83. The molecule has 88 valence electrons. The molecule has 16 heavy (non-hydrogen) atoms. The summed E-state index contributed by atoms with van der Waals surface area (Å²) in [6.07, 6.45) is 3.56.